The van der Waals surface area contributed by atoms with E-state index in [2.05, 4.69) is 20.0 Å². The lowest BCUT2D eigenvalue weighted by molar-refractivity contribution is -0.112. The number of carbonyl (C=O) groups is 2. The minimum absolute atomic E-state index is 0.0970. The number of hydrogen-bond acceptors (Lipinski definition) is 7. The van der Waals surface area contributed by atoms with Crippen molar-refractivity contribution in [3.63, 3.8) is 0 Å². The molecule has 0 fully saturated rings. The molecule has 2 amide bonds. The van der Waals surface area contributed by atoms with Crippen LogP contribution in [0.1, 0.15) is 10.4 Å². The van der Waals surface area contributed by atoms with Crippen molar-refractivity contribution in [3.05, 3.63) is 65.3 Å². The number of nitrogens with one attached hydrogen (secondary N) is 2. The highest BCUT2D eigenvalue weighted by Crippen LogP contribution is 2.20. The van der Waals surface area contributed by atoms with Crippen molar-refractivity contribution in [1.82, 2.24) is 9.88 Å². The third-order valence-electron chi connectivity index (χ3n) is 4.16. The van der Waals surface area contributed by atoms with E-state index in [0.717, 1.165) is 0 Å². The predicted octanol–water partition coefficient (Wildman–Crippen LogP) is 1.83. The van der Waals surface area contributed by atoms with Gasteiger partial charge in [-0.1, -0.05) is 0 Å². The third-order valence-corrected chi connectivity index (χ3v) is 6.00. The van der Waals surface area contributed by atoms with Crippen LogP contribution in [-0.2, 0) is 14.8 Å². The zero-order valence-corrected chi connectivity index (χ0v) is 16.5. The largest absolute Gasteiger partial charge is 0.331 e. The number of fused-ring (bicyclic) bond motifs is 1. The first-order chi connectivity index (χ1) is 13.9. The van der Waals surface area contributed by atoms with Gasteiger partial charge in [0.25, 0.3) is 21.8 Å². The van der Waals surface area contributed by atoms with Gasteiger partial charge in [-0.15, -0.1) is 15.7 Å². The van der Waals surface area contributed by atoms with E-state index in [9.17, 15) is 18.0 Å². The summed E-state index contributed by atoms with van der Waals surface area (Å²) in [5, 5.41) is 7.63. The molecule has 11 heteroatoms. The number of sulfonamides is 1. The number of amides is 2. The maximum Gasteiger partial charge on any atom is 0.259 e. The van der Waals surface area contributed by atoms with E-state index < -0.39 is 15.9 Å². The van der Waals surface area contributed by atoms with Crippen molar-refractivity contribution in [1.29, 1.82) is 0 Å². The Bertz CT molecular complexity index is 1150. The molecule has 9 nitrogen and oxygen atoms in total. The van der Waals surface area contributed by atoms with Crippen LogP contribution in [0.25, 0.3) is 0 Å². The van der Waals surface area contributed by atoms with Crippen LogP contribution in [0.15, 0.2) is 64.2 Å². The summed E-state index contributed by atoms with van der Waals surface area (Å²) >= 11 is 1.31. The van der Waals surface area contributed by atoms with E-state index in [1.807, 2.05) is 0 Å². The lowest BCUT2D eigenvalue weighted by atomic mass is 10.1. The minimum Gasteiger partial charge on any atom is -0.331 e. The number of amidine groups is 1. The van der Waals surface area contributed by atoms with E-state index in [-0.39, 0.29) is 29.6 Å². The van der Waals surface area contributed by atoms with Crippen molar-refractivity contribution >= 4 is 49.8 Å². The summed E-state index contributed by atoms with van der Waals surface area (Å²) in [4.78, 5) is 30.5. The van der Waals surface area contributed by atoms with Gasteiger partial charge in [0.2, 0.25) is 0 Å². The molecule has 0 spiro atoms. The molecule has 2 aliphatic heterocycles. The van der Waals surface area contributed by atoms with E-state index in [0.29, 0.717) is 16.4 Å². The second-order valence-corrected chi connectivity index (χ2v) is 8.79. The smallest absolute Gasteiger partial charge is 0.259 e. The normalized spacial score (nSPS) is 17.0. The van der Waals surface area contributed by atoms with Gasteiger partial charge in [-0.3, -0.25) is 14.9 Å². The molecule has 2 N–H and O–H groups in total. The molecule has 1 aromatic carbocycles. The van der Waals surface area contributed by atoms with Gasteiger partial charge < -0.3 is 10.2 Å². The Morgan fingerprint density at radius 3 is 2.62 bits per heavy atom. The topological polar surface area (TPSA) is 121 Å². The number of aromatic nitrogens is 1. The van der Waals surface area contributed by atoms with Gasteiger partial charge in [0.1, 0.15) is 0 Å². The van der Waals surface area contributed by atoms with Gasteiger partial charge in [0.05, 0.1) is 11.3 Å². The summed E-state index contributed by atoms with van der Waals surface area (Å²) in [5.74, 6) is -0.790. The Balaban J connectivity index is 1.47. The molecule has 0 bridgehead atoms. The van der Waals surface area contributed by atoms with Crippen LogP contribution in [0.4, 0.5) is 10.8 Å². The van der Waals surface area contributed by atoms with Crippen molar-refractivity contribution in [2.24, 2.45) is 4.40 Å². The maximum absolute atomic E-state index is 12.7. The number of thiazole rings is 1. The van der Waals surface area contributed by atoms with E-state index in [4.69, 9.17) is 0 Å². The van der Waals surface area contributed by atoms with Gasteiger partial charge in [0, 0.05) is 35.6 Å². The molecule has 0 saturated carbocycles. The summed E-state index contributed by atoms with van der Waals surface area (Å²) in [6.07, 6.45) is 6.45. The molecule has 2 aliphatic rings. The molecular formula is C18H15N5O4S2. The monoisotopic (exact) mass is 429 g/mol. The molecule has 2 aromatic rings. The number of nitrogens with zero attached hydrogens (tertiary/aromatic N) is 3. The van der Waals surface area contributed by atoms with Crippen molar-refractivity contribution in [2.75, 3.05) is 22.9 Å². The fraction of sp³-hybridized carbons (Fsp3) is 0.111. The van der Waals surface area contributed by atoms with Gasteiger partial charge in [-0.25, -0.2) is 13.4 Å². The second kappa shape index (κ2) is 7.60. The standard InChI is InChI=1S/C18H15N5O4S2/c24-16(21-18-19-7-10-28-18)12-3-5-13(6-4-12)20-17(25)14-2-1-8-23-9-11-29(26,27)22-15(14)23/h1-8,10H,9,11H2,(H,20,25)(H,19,21,24). The molecule has 148 valence electrons. The number of carbonyl (C=O) groups excluding carboxylic acids is 2. The fourth-order valence-electron chi connectivity index (χ4n) is 2.75. The molecule has 0 radical (unpaired) electrons. The molecule has 0 aliphatic carbocycles. The second-order valence-electron chi connectivity index (χ2n) is 6.14. The summed E-state index contributed by atoms with van der Waals surface area (Å²) < 4.78 is 27.3. The maximum atomic E-state index is 12.7. The summed E-state index contributed by atoms with van der Waals surface area (Å²) in [7, 11) is -3.59. The van der Waals surface area contributed by atoms with E-state index in [1.54, 1.807) is 53.0 Å². The molecule has 4 rings (SSSR count). The highest BCUT2D eigenvalue weighted by molar-refractivity contribution is 7.90. The van der Waals surface area contributed by atoms with E-state index in [1.165, 1.54) is 17.4 Å². The van der Waals surface area contributed by atoms with Gasteiger partial charge in [-0.2, -0.15) is 0 Å². The first-order valence-electron chi connectivity index (χ1n) is 8.52. The zero-order valence-electron chi connectivity index (χ0n) is 14.9. The molecule has 29 heavy (non-hydrogen) atoms. The Hall–Kier alpha value is -3.31. The average molecular weight is 429 g/mol. The highest BCUT2D eigenvalue weighted by atomic mass is 32.2. The highest BCUT2D eigenvalue weighted by Gasteiger charge is 2.29. The summed E-state index contributed by atoms with van der Waals surface area (Å²) in [6, 6.07) is 6.32. The van der Waals surface area contributed by atoms with Gasteiger partial charge >= 0.3 is 0 Å². The summed E-state index contributed by atoms with van der Waals surface area (Å²) in [6.45, 7) is 0.241. The predicted molar refractivity (Wildman–Crippen MR) is 110 cm³/mol. The van der Waals surface area contributed by atoms with Crippen LogP contribution in [0, 0.1) is 0 Å². The molecule has 3 heterocycles. The number of rotatable bonds is 4. The fourth-order valence-corrected chi connectivity index (χ4v) is 4.26. The lowest BCUT2D eigenvalue weighted by Crippen LogP contribution is -2.40. The van der Waals surface area contributed by atoms with Gasteiger partial charge in [0.15, 0.2) is 11.0 Å². The van der Waals surface area contributed by atoms with Crippen molar-refractivity contribution in [3.8, 4) is 0 Å². The van der Waals surface area contributed by atoms with Crippen LogP contribution in [-0.4, -0.2) is 48.2 Å². The van der Waals surface area contributed by atoms with Crippen LogP contribution < -0.4 is 10.6 Å². The van der Waals surface area contributed by atoms with Crippen LogP contribution in [0.3, 0.4) is 0 Å². The number of anilines is 2. The van der Waals surface area contributed by atoms with Crippen molar-refractivity contribution < 1.29 is 18.0 Å². The number of benzene rings is 1. The molecule has 1 aromatic heterocycles. The Morgan fingerprint density at radius 1 is 1.10 bits per heavy atom. The van der Waals surface area contributed by atoms with Gasteiger partial charge in [-0.05, 0) is 36.4 Å². The lowest BCUT2D eigenvalue weighted by Gasteiger charge is -2.28. The quantitative estimate of drug-likeness (QED) is 0.765. The average Bonchev–Trinajstić information content (AvgIpc) is 3.20. The summed E-state index contributed by atoms with van der Waals surface area (Å²) in [5.41, 5.74) is 1.02. The Morgan fingerprint density at radius 2 is 1.90 bits per heavy atom. The minimum atomic E-state index is -3.59. The molecule has 0 unspecified atom stereocenters. The number of allylic oxidation sites excluding steroid dienone is 2. The molecule has 0 atom stereocenters. The first-order valence-corrected chi connectivity index (χ1v) is 11.0. The van der Waals surface area contributed by atoms with Crippen LogP contribution in [0.2, 0.25) is 0 Å². The molecular weight excluding hydrogens is 414 g/mol. The van der Waals surface area contributed by atoms with Crippen molar-refractivity contribution in [2.45, 2.75) is 0 Å². The third kappa shape index (κ3) is 4.25. The Kier molecular flexibility index (Phi) is 4.99. The van der Waals surface area contributed by atoms with E-state index >= 15 is 0 Å². The molecule has 0 saturated heterocycles. The first kappa shape index (κ1) is 19.0. The zero-order chi connectivity index (χ0) is 20.4. The van der Waals surface area contributed by atoms with Crippen LogP contribution in [0.5, 0.6) is 0 Å². The number of hydrogen-bond donors (Lipinski definition) is 2. The van der Waals surface area contributed by atoms with Crippen LogP contribution >= 0.6 is 11.3 Å². The Labute approximate surface area is 170 Å². The SMILES string of the molecule is O=C(Nc1ccc(C(=O)Nc2nccs2)cc1)C1=CC=CN2CCS(=O)(=O)N=C12.